The quantitative estimate of drug-likeness (QED) is 0.707. The summed E-state index contributed by atoms with van der Waals surface area (Å²) >= 11 is 3.69. The van der Waals surface area contributed by atoms with Gasteiger partial charge in [-0.25, -0.2) is 4.39 Å². The Morgan fingerprint density at radius 3 is 2.20 bits per heavy atom. The molecule has 112 valence electrons. The van der Waals surface area contributed by atoms with Gasteiger partial charge in [0.05, 0.1) is 14.2 Å². The van der Waals surface area contributed by atoms with Crippen LogP contribution < -0.4 is 9.47 Å². The van der Waals surface area contributed by atoms with Crippen molar-refractivity contribution in [3.8, 4) is 11.5 Å². The van der Waals surface area contributed by atoms with Gasteiger partial charge in [-0.3, -0.25) is 0 Å². The molecule has 4 heteroatoms. The van der Waals surface area contributed by atoms with E-state index in [-0.39, 0.29) is 10.6 Å². The minimum Gasteiger partial charge on any atom is -0.493 e. The summed E-state index contributed by atoms with van der Waals surface area (Å²) in [5.74, 6) is 2.06. The van der Waals surface area contributed by atoms with E-state index in [0.29, 0.717) is 23.0 Å². The van der Waals surface area contributed by atoms with E-state index in [1.807, 2.05) is 0 Å². The fraction of sp³-hybridized carbons (Fsp3) is 0.625. The van der Waals surface area contributed by atoms with Gasteiger partial charge in [0.25, 0.3) is 0 Å². The molecule has 1 fully saturated rings. The second kappa shape index (κ2) is 6.79. The van der Waals surface area contributed by atoms with Crippen LogP contribution in [0.4, 0.5) is 4.39 Å². The second-order valence-electron chi connectivity index (χ2n) is 5.65. The molecule has 0 saturated heterocycles. The van der Waals surface area contributed by atoms with Crippen LogP contribution in [-0.2, 0) is 0 Å². The van der Waals surface area contributed by atoms with E-state index in [2.05, 4.69) is 22.9 Å². The first-order chi connectivity index (χ1) is 9.56. The summed E-state index contributed by atoms with van der Waals surface area (Å²) in [6.07, 6.45) is 4.74. The lowest BCUT2D eigenvalue weighted by Gasteiger charge is -2.30. The van der Waals surface area contributed by atoms with Crippen LogP contribution >= 0.6 is 15.9 Å². The van der Waals surface area contributed by atoms with E-state index >= 15 is 0 Å². The molecule has 0 N–H and O–H groups in total. The Morgan fingerprint density at radius 2 is 1.65 bits per heavy atom. The van der Waals surface area contributed by atoms with Gasteiger partial charge in [-0.05, 0) is 30.7 Å². The highest BCUT2D eigenvalue weighted by molar-refractivity contribution is 9.09. The lowest BCUT2D eigenvalue weighted by atomic mass is 9.80. The number of benzene rings is 1. The van der Waals surface area contributed by atoms with Gasteiger partial charge < -0.3 is 9.47 Å². The van der Waals surface area contributed by atoms with Crippen LogP contribution in [0.15, 0.2) is 12.1 Å². The van der Waals surface area contributed by atoms with Crippen LogP contribution in [0.2, 0.25) is 0 Å². The third-order valence-electron chi connectivity index (χ3n) is 4.27. The molecule has 0 spiro atoms. The molecule has 2 rings (SSSR count). The Morgan fingerprint density at radius 1 is 1.10 bits per heavy atom. The summed E-state index contributed by atoms with van der Waals surface area (Å²) in [6, 6.07) is 3.17. The standard InChI is InChI=1S/C16H22BrFO2/c1-10-4-6-11(7-5-10)16(17)12-8-14(19-2)15(20-3)9-13(12)18/h8-11,16H,4-7H2,1-3H3. The van der Waals surface area contributed by atoms with Gasteiger partial charge in [-0.15, -0.1) is 0 Å². The Bertz CT molecular complexity index is 456. The molecule has 1 aliphatic rings. The van der Waals surface area contributed by atoms with Crippen LogP contribution in [0.3, 0.4) is 0 Å². The molecule has 20 heavy (non-hydrogen) atoms. The normalized spacial score (nSPS) is 24.2. The smallest absolute Gasteiger partial charge is 0.163 e. The number of hydrogen-bond acceptors (Lipinski definition) is 2. The van der Waals surface area contributed by atoms with Crippen molar-refractivity contribution in [2.45, 2.75) is 37.4 Å². The molecule has 1 aliphatic carbocycles. The number of hydrogen-bond donors (Lipinski definition) is 0. The third-order valence-corrected chi connectivity index (χ3v) is 5.52. The minimum atomic E-state index is -0.233. The largest absolute Gasteiger partial charge is 0.493 e. The van der Waals surface area contributed by atoms with Crippen molar-refractivity contribution >= 4 is 15.9 Å². The molecular formula is C16H22BrFO2. The van der Waals surface area contributed by atoms with Crippen molar-refractivity contribution in [3.05, 3.63) is 23.5 Å². The SMILES string of the molecule is COc1cc(F)c(C(Br)C2CCC(C)CC2)cc1OC. The molecule has 0 heterocycles. The van der Waals surface area contributed by atoms with Gasteiger partial charge in [0, 0.05) is 16.5 Å². The first-order valence-electron chi connectivity index (χ1n) is 7.12. The summed E-state index contributed by atoms with van der Waals surface area (Å²) in [4.78, 5) is 0.0369. The highest BCUT2D eigenvalue weighted by Gasteiger charge is 2.28. The molecule has 0 radical (unpaired) electrons. The van der Waals surface area contributed by atoms with Gasteiger partial charge in [0.2, 0.25) is 0 Å². The molecule has 0 amide bonds. The van der Waals surface area contributed by atoms with Crippen LogP contribution in [-0.4, -0.2) is 14.2 Å². The summed E-state index contributed by atoms with van der Waals surface area (Å²) in [5.41, 5.74) is 0.669. The maximum absolute atomic E-state index is 14.3. The molecule has 1 unspecified atom stereocenters. The maximum Gasteiger partial charge on any atom is 0.163 e. The Hall–Kier alpha value is -0.770. The summed E-state index contributed by atoms with van der Waals surface area (Å²) in [7, 11) is 3.09. The van der Waals surface area contributed by atoms with Crippen molar-refractivity contribution in [2.24, 2.45) is 11.8 Å². The maximum atomic E-state index is 14.3. The van der Waals surface area contributed by atoms with E-state index in [1.54, 1.807) is 13.2 Å². The number of alkyl halides is 1. The molecule has 0 aromatic heterocycles. The second-order valence-corrected chi connectivity index (χ2v) is 6.64. The van der Waals surface area contributed by atoms with Gasteiger partial charge in [0.15, 0.2) is 11.5 Å². The molecule has 0 aliphatic heterocycles. The van der Waals surface area contributed by atoms with Gasteiger partial charge in [-0.1, -0.05) is 35.7 Å². The zero-order valence-corrected chi connectivity index (χ0v) is 13.9. The number of halogens is 2. The summed E-state index contributed by atoms with van der Waals surface area (Å²) < 4.78 is 24.7. The van der Waals surface area contributed by atoms with Crippen molar-refractivity contribution in [1.29, 1.82) is 0 Å². The molecule has 2 nitrogen and oxygen atoms in total. The third kappa shape index (κ3) is 3.27. The highest BCUT2D eigenvalue weighted by Crippen LogP contribution is 2.44. The molecule has 0 bridgehead atoms. The van der Waals surface area contributed by atoms with Gasteiger partial charge in [0.1, 0.15) is 5.82 Å². The number of ether oxygens (including phenoxy) is 2. The molecular weight excluding hydrogens is 323 g/mol. The van der Waals surface area contributed by atoms with Crippen molar-refractivity contribution in [3.63, 3.8) is 0 Å². The topological polar surface area (TPSA) is 18.5 Å². The molecule has 1 aromatic rings. The van der Waals surface area contributed by atoms with E-state index in [4.69, 9.17) is 9.47 Å². The first-order valence-corrected chi connectivity index (χ1v) is 8.03. The molecule has 1 aromatic carbocycles. The fourth-order valence-electron chi connectivity index (χ4n) is 2.91. The van der Waals surface area contributed by atoms with E-state index in [9.17, 15) is 4.39 Å². The molecule has 1 atom stereocenters. The summed E-state index contributed by atoms with van der Waals surface area (Å²) in [6.45, 7) is 2.29. The fourth-order valence-corrected chi connectivity index (χ4v) is 3.79. The lowest BCUT2D eigenvalue weighted by molar-refractivity contribution is 0.285. The van der Waals surface area contributed by atoms with Gasteiger partial charge in [-0.2, -0.15) is 0 Å². The number of rotatable bonds is 4. The lowest BCUT2D eigenvalue weighted by Crippen LogP contribution is -2.17. The highest BCUT2D eigenvalue weighted by atomic mass is 79.9. The van der Waals surface area contributed by atoms with Crippen LogP contribution in [0.1, 0.15) is 43.0 Å². The van der Waals surface area contributed by atoms with Crippen LogP contribution in [0.5, 0.6) is 11.5 Å². The van der Waals surface area contributed by atoms with E-state index in [0.717, 1.165) is 18.8 Å². The Kier molecular flexibility index (Phi) is 5.30. The average molecular weight is 345 g/mol. The Labute approximate surface area is 128 Å². The first kappa shape index (κ1) is 15.6. The van der Waals surface area contributed by atoms with E-state index in [1.165, 1.54) is 26.0 Å². The zero-order chi connectivity index (χ0) is 14.7. The zero-order valence-electron chi connectivity index (χ0n) is 12.3. The average Bonchev–Trinajstić information content (AvgIpc) is 2.47. The van der Waals surface area contributed by atoms with Crippen LogP contribution in [0.25, 0.3) is 0 Å². The number of methoxy groups -OCH3 is 2. The van der Waals surface area contributed by atoms with Gasteiger partial charge >= 0.3 is 0 Å². The van der Waals surface area contributed by atoms with Crippen molar-refractivity contribution in [2.75, 3.05) is 14.2 Å². The Balaban J connectivity index is 2.23. The van der Waals surface area contributed by atoms with Crippen molar-refractivity contribution in [1.82, 2.24) is 0 Å². The molecule has 1 saturated carbocycles. The van der Waals surface area contributed by atoms with E-state index < -0.39 is 0 Å². The predicted octanol–water partition coefficient (Wildman–Crippen LogP) is 5.11. The van der Waals surface area contributed by atoms with Crippen molar-refractivity contribution < 1.29 is 13.9 Å². The minimum absolute atomic E-state index is 0.0369. The predicted molar refractivity (Wildman–Crippen MR) is 82.3 cm³/mol. The van der Waals surface area contributed by atoms with Crippen LogP contribution in [0, 0.1) is 17.7 Å². The monoisotopic (exact) mass is 344 g/mol. The summed E-state index contributed by atoms with van der Waals surface area (Å²) in [5, 5.41) is 0.